The maximum atomic E-state index is 12.8. The van der Waals surface area contributed by atoms with Crippen molar-refractivity contribution in [2.75, 3.05) is 31.1 Å². The maximum absolute atomic E-state index is 12.8. The number of nitrogens with zero attached hydrogens (tertiary/aromatic N) is 5. The highest BCUT2D eigenvalue weighted by molar-refractivity contribution is 5.93. The van der Waals surface area contributed by atoms with Gasteiger partial charge in [0.05, 0.1) is 5.69 Å². The van der Waals surface area contributed by atoms with E-state index in [-0.39, 0.29) is 5.91 Å². The van der Waals surface area contributed by atoms with Crippen molar-refractivity contribution >= 4 is 11.7 Å². The van der Waals surface area contributed by atoms with Gasteiger partial charge in [0.15, 0.2) is 17.3 Å². The van der Waals surface area contributed by atoms with E-state index in [0.29, 0.717) is 24.5 Å². The van der Waals surface area contributed by atoms with Crippen LogP contribution in [0.3, 0.4) is 0 Å². The predicted molar refractivity (Wildman–Crippen MR) is 104 cm³/mol. The molecule has 7 heteroatoms. The monoisotopic (exact) mass is 375 g/mol. The average molecular weight is 375 g/mol. The Balaban J connectivity index is 1.24. The van der Waals surface area contributed by atoms with Crippen molar-refractivity contribution in [2.24, 2.45) is 0 Å². The molecule has 142 valence electrons. The van der Waals surface area contributed by atoms with E-state index in [1.54, 1.807) is 6.07 Å². The number of hydrogen-bond acceptors (Lipinski definition) is 6. The number of piperazine rings is 1. The van der Waals surface area contributed by atoms with Gasteiger partial charge in [-0.1, -0.05) is 35.5 Å². The summed E-state index contributed by atoms with van der Waals surface area (Å²) in [6.07, 6.45) is 3.29. The molecule has 28 heavy (non-hydrogen) atoms. The third-order valence-corrected chi connectivity index (χ3v) is 5.49. The first-order valence-corrected chi connectivity index (χ1v) is 9.70. The van der Waals surface area contributed by atoms with Crippen molar-refractivity contribution in [3.8, 4) is 11.3 Å². The number of fused-ring (bicyclic) bond motifs is 1. The van der Waals surface area contributed by atoms with Crippen LogP contribution in [0.2, 0.25) is 0 Å². The minimum Gasteiger partial charge on any atom is -0.355 e. The first-order chi connectivity index (χ1) is 13.8. The van der Waals surface area contributed by atoms with Crippen molar-refractivity contribution in [2.45, 2.75) is 19.3 Å². The van der Waals surface area contributed by atoms with Gasteiger partial charge in [0.25, 0.3) is 5.91 Å². The van der Waals surface area contributed by atoms with E-state index in [1.807, 2.05) is 35.2 Å². The third-order valence-electron chi connectivity index (χ3n) is 5.49. The molecule has 0 N–H and O–H groups in total. The van der Waals surface area contributed by atoms with Crippen LogP contribution in [0.4, 0.5) is 5.82 Å². The van der Waals surface area contributed by atoms with Crippen LogP contribution in [0.1, 0.15) is 28.2 Å². The third kappa shape index (κ3) is 3.13. The minimum absolute atomic E-state index is 0.0920. The predicted octanol–water partition coefficient (Wildman–Crippen LogP) is 2.58. The van der Waals surface area contributed by atoms with Gasteiger partial charge in [-0.15, -0.1) is 5.10 Å². The van der Waals surface area contributed by atoms with Crippen molar-refractivity contribution in [1.82, 2.24) is 20.3 Å². The number of carbonyl (C=O) groups is 1. The first kappa shape index (κ1) is 16.9. The number of hydrogen-bond donors (Lipinski definition) is 0. The van der Waals surface area contributed by atoms with Crippen LogP contribution in [0.25, 0.3) is 11.3 Å². The molecule has 0 saturated carbocycles. The fourth-order valence-electron chi connectivity index (χ4n) is 3.89. The quantitative estimate of drug-likeness (QED) is 0.700. The van der Waals surface area contributed by atoms with Gasteiger partial charge in [0, 0.05) is 37.8 Å². The maximum Gasteiger partial charge on any atom is 0.276 e. The van der Waals surface area contributed by atoms with E-state index in [0.717, 1.165) is 43.0 Å². The van der Waals surface area contributed by atoms with Gasteiger partial charge < -0.3 is 14.3 Å². The molecule has 3 aromatic rings. The number of aryl methyl sites for hydroxylation is 2. The van der Waals surface area contributed by atoms with Crippen LogP contribution in [0, 0.1) is 0 Å². The molecule has 1 saturated heterocycles. The summed E-state index contributed by atoms with van der Waals surface area (Å²) in [7, 11) is 0. The Morgan fingerprint density at radius 3 is 2.61 bits per heavy atom. The van der Waals surface area contributed by atoms with Crippen molar-refractivity contribution in [1.29, 1.82) is 0 Å². The Kier molecular flexibility index (Phi) is 4.27. The Morgan fingerprint density at radius 2 is 1.79 bits per heavy atom. The number of anilines is 1. The van der Waals surface area contributed by atoms with Gasteiger partial charge >= 0.3 is 0 Å². The molecule has 2 aliphatic rings. The van der Waals surface area contributed by atoms with E-state index in [1.165, 1.54) is 12.0 Å². The average Bonchev–Trinajstić information content (AvgIpc) is 3.43. The van der Waals surface area contributed by atoms with Gasteiger partial charge in [0.1, 0.15) is 0 Å². The smallest absolute Gasteiger partial charge is 0.276 e. The summed E-state index contributed by atoms with van der Waals surface area (Å²) in [6.45, 7) is 2.74. The topological polar surface area (TPSA) is 75.4 Å². The molecule has 0 atom stereocenters. The van der Waals surface area contributed by atoms with Crippen LogP contribution in [0.15, 0.2) is 47.0 Å². The highest BCUT2D eigenvalue weighted by Gasteiger charge is 2.26. The second kappa shape index (κ2) is 7.07. The normalized spacial score (nSPS) is 16.3. The van der Waals surface area contributed by atoms with Crippen LogP contribution in [-0.4, -0.2) is 52.3 Å². The second-order valence-corrected chi connectivity index (χ2v) is 7.25. The molecule has 1 aliphatic heterocycles. The zero-order valence-corrected chi connectivity index (χ0v) is 15.5. The number of rotatable bonds is 3. The van der Waals surface area contributed by atoms with Gasteiger partial charge in [-0.3, -0.25) is 4.79 Å². The van der Waals surface area contributed by atoms with Gasteiger partial charge in [0.2, 0.25) is 0 Å². The second-order valence-electron chi connectivity index (χ2n) is 7.25. The number of aromatic nitrogens is 3. The molecule has 0 spiro atoms. The Hall–Kier alpha value is -3.22. The fraction of sp³-hybridized carbons (Fsp3) is 0.333. The summed E-state index contributed by atoms with van der Waals surface area (Å²) in [5.41, 5.74) is 3.72. The molecule has 1 aromatic carbocycles. The summed E-state index contributed by atoms with van der Waals surface area (Å²) < 4.78 is 5.37. The highest BCUT2D eigenvalue weighted by Crippen LogP contribution is 2.24. The summed E-state index contributed by atoms with van der Waals surface area (Å²) in [5, 5.41) is 12.7. The highest BCUT2D eigenvalue weighted by atomic mass is 16.5. The van der Waals surface area contributed by atoms with E-state index in [9.17, 15) is 4.79 Å². The van der Waals surface area contributed by atoms with Crippen molar-refractivity contribution < 1.29 is 9.32 Å². The molecule has 1 aliphatic carbocycles. The Morgan fingerprint density at radius 1 is 0.964 bits per heavy atom. The van der Waals surface area contributed by atoms with Gasteiger partial charge in [-0.05, 0) is 30.9 Å². The molecule has 0 unspecified atom stereocenters. The van der Waals surface area contributed by atoms with Gasteiger partial charge in [-0.2, -0.15) is 5.10 Å². The number of benzene rings is 1. The van der Waals surface area contributed by atoms with Gasteiger partial charge in [-0.25, -0.2) is 0 Å². The Labute approximate surface area is 163 Å². The zero-order valence-electron chi connectivity index (χ0n) is 15.5. The molecule has 5 rings (SSSR count). The fourth-order valence-corrected chi connectivity index (χ4v) is 3.89. The van der Waals surface area contributed by atoms with Crippen molar-refractivity contribution in [3.05, 3.63) is 59.4 Å². The van der Waals surface area contributed by atoms with E-state index in [4.69, 9.17) is 4.52 Å². The lowest BCUT2D eigenvalue weighted by Crippen LogP contribution is -2.49. The molecule has 1 fully saturated rings. The SMILES string of the molecule is O=C(c1cc(-c2ccccc2)on1)N1CCN(c2cc3c(nn2)CCC3)CC1. The molecule has 2 aromatic heterocycles. The molecule has 7 nitrogen and oxygen atoms in total. The summed E-state index contributed by atoms with van der Waals surface area (Å²) in [6, 6.07) is 13.6. The summed E-state index contributed by atoms with van der Waals surface area (Å²) >= 11 is 0. The lowest BCUT2D eigenvalue weighted by atomic mass is 10.1. The molecule has 1 amide bonds. The van der Waals surface area contributed by atoms with Crippen LogP contribution in [-0.2, 0) is 12.8 Å². The lowest BCUT2D eigenvalue weighted by molar-refractivity contribution is 0.0736. The van der Waals surface area contributed by atoms with Crippen LogP contribution < -0.4 is 4.90 Å². The van der Waals surface area contributed by atoms with Crippen LogP contribution >= 0.6 is 0 Å². The molecular formula is C21H21N5O2. The Bertz CT molecular complexity index is 993. The standard InChI is InChI=1S/C21H21N5O2/c27-21(18-14-19(28-24-18)15-5-2-1-3-6-15)26-11-9-25(10-12-26)20-13-16-7-4-8-17(16)22-23-20/h1-3,5-6,13-14H,4,7-12H2. The number of amides is 1. The summed E-state index contributed by atoms with van der Waals surface area (Å²) in [4.78, 5) is 16.8. The van der Waals surface area contributed by atoms with Crippen molar-refractivity contribution in [3.63, 3.8) is 0 Å². The molecule has 3 heterocycles. The van der Waals surface area contributed by atoms with E-state index in [2.05, 4.69) is 26.3 Å². The zero-order chi connectivity index (χ0) is 18.9. The van der Waals surface area contributed by atoms with E-state index >= 15 is 0 Å². The molecule has 0 radical (unpaired) electrons. The van der Waals surface area contributed by atoms with E-state index < -0.39 is 0 Å². The largest absolute Gasteiger partial charge is 0.355 e. The number of carbonyl (C=O) groups excluding carboxylic acids is 1. The molecule has 0 bridgehead atoms. The molecular weight excluding hydrogens is 354 g/mol. The lowest BCUT2D eigenvalue weighted by Gasteiger charge is -2.34. The van der Waals surface area contributed by atoms with Crippen LogP contribution in [0.5, 0.6) is 0 Å². The summed E-state index contributed by atoms with van der Waals surface area (Å²) in [5.74, 6) is 1.43. The minimum atomic E-state index is -0.0920. The first-order valence-electron chi connectivity index (χ1n) is 9.70.